The number of ether oxygens (including phenoxy) is 3. The van der Waals surface area contributed by atoms with E-state index in [1.807, 2.05) is 36.9 Å². The predicted molar refractivity (Wildman–Crippen MR) is 103 cm³/mol. The number of amides is 1. The van der Waals surface area contributed by atoms with Crippen molar-refractivity contribution in [2.75, 3.05) is 20.3 Å². The lowest BCUT2D eigenvalue weighted by molar-refractivity contribution is -0.126. The molecule has 0 aromatic carbocycles. The van der Waals surface area contributed by atoms with E-state index in [9.17, 15) is 4.79 Å². The Bertz CT molecular complexity index is 760. The molecule has 3 rings (SSSR count). The van der Waals surface area contributed by atoms with Crippen LogP contribution in [0.15, 0.2) is 30.7 Å². The summed E-state index contributed by atoms with van der Waals surface area (Å²) in [6.07, 6.45) is 5.92. The van der Waals surface area contributed by atoms with Crippen molar-refractivity contribution in [1.82, 2.24) is 20.1 Å². The maximum Gasteiger partial charge on any atom is 0.226 e. The Hall–Kier alpha value is -2.45. The van der Waals surface area contributed by atoms with E-state index in [2.05, 4.69) is 15.4 Å². The molecule has 1 aliphatic heterocycles. The van der Waals surface area contributed by atoms with Crippen molar-refractivity contribution < 1.29 is 19.0 Å². The van der Waals surface area contributed by atoms with Gasteiger partial charge in [-0.2, -0.15) is 5.10 Å². The molecule has 28 heavy (non-hydrogen) atoms. The molecule has 1 amide bonds. The first-order chi connectivity index (χ1) is 13.6. The van der Waals surface area contributed by atoms with Gasteiger partial charge in [-0.1, -0.05) is 6.07 Å². The highest BCUT2D eigenvalue weighted by Gasteiger charge is 2.35. The number of hydrogen-bond donors (Lipinski definition) is 1. The summed E-state index contributed by atoms with van der Waals surface area (Å²) in [5, 5.41) is 7.31. The highest BCUT2D eigenvalue weighted by atomic mass is 16.5. The van der Waals surface area contributed by atoms with Crippen LogP contribution in [0.4, 0.5) is 0 Å². The minimum Gasteiger partial charge on any atom is -0.475 e. The number of hydrogen-bond acceptors (Lipinski definition) is 6. The molecule has 0 saturated carbocycles. The number of carbonyl (C=O) groups is 1. The van der Waals surface area contributed by atoms with Gasteiger partial charge in [0.25, 0.3) is 0 Å². The second kappa shape index (κ2) is 9.66. The number of aromatic nitrogens is 3. The monoisotopic (exact) mass is 388 g/mol. The molecule has 2 aromatic rings. The van der Waals surface area contributed by atoms with Gasteiger partial charge in [0.2, 0.25) is 11.8 Å². The minimum atomic E-state index is -0.267. The van der Waals surface area contributed by atoms with Gasteiger partial charge in [-0.25, -0.2) is 4.98 Å². The van der Waals surface area contributed by atoms with Crippen molar-refractivity contribution in [3.63, 3.8) is 0 Å². The molecule has 1 fully saturated rings. The second-order valence-corrected chi connectivity index (χ2v) is 7.11. The largest absolute Gasteiger partial charge is 0.475 e. The Morgan fingerprint density at radius 2 is 2.25 bits per heavy atom. The molecule has 0 spiro atoms. The van der Waals surface area contributed by atoms with Gasteiger partial charge in [-0.15, -0.1) is 0 Å². The van der Waals surface area contributed by atoms with Crippen LogP contribution in [0.1, 0.15) is 37.5 Å². The summed E-state index contributed by atoms with van der Waals surface area (Å²) < 4.78 is 18.2. The topological polar surface area (TPSA) is 87.5 Å². The molecule has 8 nitrogen and oxygen atoms in total. The fourth-order valence-electron chi connectivity index (χ4n) is 3.17. The number of rotatable bonds is 9. The molecule has 0 unspecified atom stereocenters. The molecule has 8 heteroatoms. The zero-order valence-corrected chi connectivity index (χ0v) is 16.6. The van der Waals surface area contributed by atoms with Crippen molar-refractivity contribution >= 4 is 5.91 Å². The first-order valence-corrected chi connectivity index (χ1v) is 9.59. The Morgan fingerprint density at radius 3 is 2.96 bits per heavy atom. The van der Waals surface area contributed by atoms with E-state index in [1.165, 1.54) is 0 Å². The maximum atomic E-state index is 12.7. The number of nitrogens with one attached hydrogen (secondary N) is 1. The van der Waals surface area contributed by atoms with E-state index < -0.39 is 0 Å². The highest BCUT2D eigenvalue weighted by molar-refractivity contribution is 5.79. The van der Waals surface area contributed by atoms with E-state index in [0.717, 1.165) is 11.1 Å². The fourth-order valence-corrected chi connectivity index (χ4v) is 3.17. The number of carbonyl (C=O) groups excluding carboxylic acids is 1. The molecule has 0 bridgehead atoms. The minimum absolute atomic E-state index is 0.0188. The molecule has 0 radical (unpaired) electrons. The summed E-state index contributed by atoms with van der Waals surface area (Å²) in [4.78, 5) is 17.0. The van der Waals surface area contributed by atoms with Crippen molar-refractivity contribution in [3.05, 3.63) is 41.9 Å². The van der Waals surface area contributed by atoms with Crippen LogP contribution in [0.2, 0.25) is 0 Å². The summed E-state index contributed by atoms with van der Waals surface area (Å²) in [5.74, 6) is 0.339. The quantitative estimate of drug-likeness (QED) is 0.708. The van der Waals surface area contributed by atoms with E-state index in [4.69, 9.17) is 14.2 Å². The van der Waals surface area contributed by atoms with Gasteiger partial charge >= 0.3 is 0 Å². The lowest BCUT2D eigenvalue weighted by atomic mass is 9.96. The molecule has 152 valence electrons. The molecular weight excluding hydrogens is 360 g/mol. The van der Waals surface area contributed by atoms with Gasteiger partial charge in [0.1, 0.15) is 0 Å². The third kappa shape index (κ3) is 5.30. The molecule has 1 aliphatic rings. The first-order valence-electron chi connectivity index (χ1n) is 9.59. The number of pyridine rings is 1. The van der Waals surface area contributed by atoms with Crippen molar-refractivity contribution in [1.29, 1.82) is 0 Å². The van der Waals surface area contributed by atoms with E-state index in [-0.39, 0.29) is 24.0 Å². The average molecular weight is 388 g/mol. The first kappa shape index (κ1) is 20.3. The molecule has 1 saturated heterocycles. The predicted octanol–water partition coefficient (Wildman–Crippen LogP) is 2.11. The van der Waals surface area contributed by atoms with E-state index in [0.29, 0.717) is 38.6 Å². The summed E-state index contributed by atoms with van der Waals surface area (Å²) in [6, 6.07) is 3.73. The average Bonchev–Trinajstić information content (AvgIpc) is 3.34. The van der Waals surface area contributed by atoms with Gasteiger partial charge in [0.15, 0.2) is 0 Å². The van der Waals surface area contributed by atoms with Crippen LogP contribution in [0.25, 0.3) is 0 Å². The number of methoxy groups -OCH3 is 1. The third-order valence-corrected chi connectivity index (χ3v) is 4.56. The van der Waals surface area contributed by atoms with Crippen LogP contribution in [-0.2, 0) is 27.4 Å². The Labute approximate surface area is 165 Å². The normalized spacial score (nSPS) is 19.1. The van der Waals surface area contributed by atoms with Gasteiger partial charge in [0, 0.05) is 44.3 Å². The van der Waals surface area contributed by atoms with Crippen LogP contribution in [0, 0.1) is 5.92 Å². The van der Waals surface area contributed by atoms with Crippen molar-refractivity contribution in [3.8, 4) is 5.88 Å². The SMILES string of the molecule is COCCn1cc([C@H]2OCC[C@@H]2C(=O)NCc2ccc(OC(C)C)nc2)cn1. The fraction of sp³-hybridized carbons (Fsp3) is 0.550. The lowest BCUT2D eigenvalue weighted by Gasteiger charge is -2.17. The second-order valence-electron chi connectivity index (χ2n) is 7.11. The molecule has 2 aromatic heterocycles. The molecule has 1 N–H and O–H groups in total. The van der Waals surface area contributed by atoms with E-state index >= 15 is 0 Å². The summed E-state index contributed by atoms with van der Waals surface area (Å²) in [6.45, 7) is 6.16. The molecule has 0 aliphatic carbocycles. The molecule has 3 heterocycles. The third-order valence-electron chi connectivity index (χ3n) is 4.56. The Morgan fingerprint density at radius 1 is 1.39 bits per heavy atom. The summed E-state index contributed by atoms with van der Waals surface area (Å²) >= 11 is 0. The van der Waals surface area contributed by atoms with Crippen molar-refractivity contribution in [2.24, 2.45) is 5.92 Å². The Balaban J connectivity index is 1.55. The standard InChI is InChI=1S/C20H28N4O4/c1-14(2)28-18-5-4-15(10-21-18)11-22-20(25)17-6-8-27-19(17)16-12-23-24(13-16)7-9-26-3/h4-5,10,12-14,17,19H,6-9,11H2,1-3H3,(H,22,25)/t17-,19+/m0/s1. The van der Waals surface area contributed by atoms with Crippen LogP contribution >= 0.6 is 0 Å². The smallest absolute Gasteiger partial charge is 0.226 e. The molecular formula is C20H28N4O4. The van der Waals surface area contributed by atoms with Crippen LogP contribution < -0.4 is 10.1 Å². The van der Waals surface area contributed by atoms with E-state index in [1.54, 1.807) is 19.5 Å². The maximum absolute atomic E-state index is 12.7. The lowest BCUT2D eigenvalue weighted by Crippen LogP contribution is -2.31. The Kier molecular flexibility index (Phi) is 7.00. The zero-order chi connectivity index (χ0) is 19.9. The van der Waals surface area contributed by atoms with Gasteiger partial charge in [-0.05, 0) is 25.8 Å². The van der Waals surface area contributed by atoms with Crippen molar-refractivity contribution in [2.45, 2.75) is 45.6 Å². The van der Waals surface area contributed by atoms with Crippen LogP contribution in [0.5, 0.6) is 5.88 Å². The summed E-state index contributed by atoms with van der Waals surface area (Å²) in [7, 11) is 1.66. The van der Waals surface area contributed by atoms with Gasteiger partial charge in [-0.3, -0.25) is 9.48 Å². The zero-order valence-electron chi connectivity index (χ0n) is 16.6. The van der Waals surface area contributed by atoms with Gasteiger partial charge in [0.05, 0.1) is 37.5 Å². The van der Waals surface area contributed by atoms with Crippen LogP contribution in [0.3, 0.4) is 0 Å². The van der Waals surface area contributed by atoms with Crippen LogP contribution in [-0.4, -0.2) is 47.1 Å². The highest BCUT2D eigenvalue weighted by Crippen LogP contribution is 2.34. The molecule has 2 atom stereocenters. The van der Waals surface area contributed by atoms with Gasteiger partial charge < -0.3 is 19.5 Å². The number of nitrogens with zero attached hydrogens (tertiary/aromatic N) is 3. The summed E-state index contributed by atoms with van der Waals surface area (Å²) in [5.41, 5.74) is 1.85.